The molecule has 1 aromatic carbocycles. The third-order valence-corrected chi connectivity index (χ3v) is 6.63. The maximum atomic E-state index is 12.7. The van der Waals surface area contributed by atoms with Gasteiger partial charge < -0.3 is 9.84 Å². The van der Waals surface area contributed by atoms with Crippen LogP contribution in [0.1, 0.15) is 31.2 Å². The largest absolute Gasteiger partial charge is 0.480 e. The standard InChI is InChI=1S/C18H22N2O5S2/c21-16(22)14-8-4-10-19(14)26-17(23)15-9-5-11-20(15)27-18(24)25-12-13-6-2-1-3-7-13/h1-3,6-7,14-15H,4-5,8-12H2,(H,21,22). The number of hydrogen-bond acceptors (Lipinski definition) is 8. The molecule has 2 aliphatic rings. The van der Waals surface area contributed by atoms with Crippen LogP contribution >= 0.6 is 23.9 Å². The van der Waals surface area contributed by atoms with Gasteiger partial charge in [-0.2, -0.15) is 0 Å². The Kier molecular flexibility index (Phi) is 7.17. The molecule has 2 heterocycles. The van der Waals surface area contributed by atoms with Gasteiger partial charge in [0, 0.05) is 25.0 Å². The Morgan fingerprint density at radius 2 is 1.63 bits per heavy atom. The first-order chi connectivity index (χ1) is 13.0. The first-order valence-electron chi connectivity index (χ1n) is 8.91. The van der Waals surface area contributed by atoms with Gasteiger partial charge >= 0.3 is 11.3 Å². The highest BCUT2D eigenvalue weighted by atomic mass is 32.2. The van der Waals surface area contributed by atoms with Crippen molar-refractivity contribution in [3.8, 4) is 0 Å². The van der Waals surface area contributed by atoms with Gasteiger partial charge in [0.15, 0.2) is 0 Å². The second-order valence-electron chi connectivity index (χ2n) is 6.46. The van der Waals surface area contributed by atoms with Crippen LogP contribution in [0.15, 0.2) is 30.3 Å². The SMILES string of the molecule is O=C(OCc1ccccc1)SN1CCCC1C(=O)SN1CCCC1C(=O)O. The minimum atomic E-state index is -0.894. The summed E-state index contributed by atoms with van der Waals surface area (Å²) < 4.78 is 8.69. The Morgan fingerprint density at radius 3 is 2.30 bits per heavy atom. The van der Waals surface area contributed by atoms with E-state index in [1.165, 1.54) is 0 Å². The third-order valence-electron chi connectivity index (χ3n) is 4.56. The summed E-state index contributed by atoms with van der Waals surface area (Å²) in [6.07, 6.45) is 2.81. The number of carboxylic acids is 1. The average Bonchev–Trinajstić information content (AvgIpc) is 3.30. The number of carbonyl (C=O) groups excluding carboxylic acids is 2. The van der Waals surface area contributed by atoms with Gasteiger partial charge in [-0.1, -0.05) is 30.3 Å². The molecule has 2 unspecified atom stereocenters. The van der Waals surface area contributed by atoms with Crippen LogP contribution in [0.5, 0.6) is 0 Å². The molecule has 3 rings (SSSR count). The van der Waals surface area contributed by atoms with Gasteiger partial charge in [0.2, 0.25) is 5.12 Å². The molecule has 2 atom stereocenters. The van der Waals surface area contributed by atoms with Crippen molar-refractivity contribution in [2.75, 3.05) is 13.1 Å². The Bertz CT molecular complexity index is 688. The van der Waals surface area contributed by atoms with Gasteiger partial charge in [-0.15, -0.1) is 0 Å². The predicted molar refractivity (Wildman–Crippen MR) is 104 cm³/mol. The summed E-state index contributed by atoms with van der Waals surface area (Å²) in [5.41, 5.74) is 0.907. The van der Waals surface area contributed by atoms with E-state index in [4.69, 9.17) is 4.74 Å². The van der Waals surface area contributed by atoms with Gasteiger partial charge in [-0.25, -0.2) is 13.4 Å². The van der Waals surface area contributed by atoms with Crippen LogP contribution < -0.4 is 0 Å². The van der Waals surface area contributed by atoms with E-state index in [1.807, 2.05) is 30.3 Å². The van der Waals surface area contributed by atoms with Crippen LogP contribution in [0, 0.1) is 0 Å². The van der Waals surface area contributed by atoms with Crippen LogP contribution in [0.4, 0.5) is 4.79 Å². The third kappa shape index (κ3) is 5.47. The second-order valence-corrected chi connectivity index (χ2v) is 8.50. The zero-order valence-corrected chi connectivity index (χ0v) is 16.4. The summed E-state index contributed by atoms with van der Waals surface area (Å²) in [6, 6.07) is 8.40. The first kappa shape index (κ1) is 20.2. The van der Waals surface area contributed by atoms with Gasteiger partial charge in [-0.3, -0.25) is 9.59 Å². The maximum absolute atomic E-state index is 12.7. The Labute approximate surface area is 166 Å². The summed E-state index contributed by atoms with van der Waals surface area (Å²) in [5, 5.41) is 8.70. The highest BCUT2D eigenvalue weighted by Gasteiger charge is 2.38. The molecule has 146 valence electrons. The molecule has 2 saturated heterocycles. The normalized spacial score (nSPS) is 23.4. The fourth-order valence-electron chi connectivity index (χ4n) is 3.20. The van der Waals surface area contributed by atoms with Crippen molar-refractivity contribution >= 4 is 40.3 Å². The zero-order chi connectivity index (χ0) is 19.2. The van der Waals surface area contributed by atoms with Crippen molar-refractivity contribution in [1.29, 1.82) is 0 Å². The number of ether oxygens (including phenoxy) is 1. The van der Waals surface area contributed by atoms with Crippen molar-refractivity contribution in [3.63, 3.8) is 0 Å². The average molecular weight is 411 g/mol. The molecule has 0 amide bonds. The molecule has 1 aromatic rings. The Hall–Kier alpha value is -1.55. The summed E-state index contributed by atoms with van der Waals surface area (Å²) in [7, 11) is 0. The van der Waals surface area contributed by atoms with E-state index < -0.39 is 23.4 Å². The van der Waals surface area contributed by atoms with Gasteiger partial charge in [-0.05, 0) is 43.2 Å². The molecule has 0 aromatic heterocycles. The van der Waals surface area contributed by atoms with Crippen LogP contribution in [-0.4, -0.2) is 55.3 Å². The molecule has 27 heavy (non-hydrogen) atoms. The Balaban J connectivity index is 1.49. The Morgan fingerprint density at radius 1 is 1.00 bits per heavy atom. The quantitative estimate of drug-likeness (QED) is 0.561. The van der Waals surface area contributed by atoms with E-state index in [0.717, 1.165) is 42.3 Å². The second kappa shape index (κ2) is 9.59. The fraction of sp³-hybridized carbons (Fsp3) is 0.500. The molecular formula is C18H22N2O5S2. The van der Waals surface area contributed by atoms with Gasteiger partial charge in [0.25, 0.3) is 0 Å². The smallest absolute Gasteiger partial charge is 0.383 e. The summed E-state index contributed by atoms with van der Waals surface area (Å²) in [4.78, 5) is 36.1. The van der Waals surface area contributed by atoms with E-state index in [2.05, 4.69) is 0 Å². The molecule has 0 aliphatic carbocycles. The molecule has 7 nitrogen and oxygen atoms in total. The molecule has 0 spiro atoms. The first-order valence-corrected chi connectivity index (χ1v) is 10.5. The summed E-state index contributed by atoms with van der Waals surface area (Å²) in [6.45, 7) is 1.42. The topological polar surface area (TPSA) is 87.2 Å². The lowest BCUT2D eigenvalue weighted by Crippen LogP contribution is -2.36. The van der Waals surface area contributed by atoms with Crippen LogP contribution in [0.2, 0.25) is 0 Å². The van der Waals surface area contributed by atoms with Crippen LogP contribution in [0.25, 0.3) is 0 Å². The molecule has 1 N–H and O–H groups in total. The molecule has 0 bridgehead atoms. The van der Waals surface area contributed by atoms with E-state index in [0.29, 0.717) is 25.9 Å². The number of rotatable bonds is 6. The lowest BCUT2D eigenvalue weighted by Gasteiger charge is -2.24. The predicted octanol–water partition coefficient (Wildman–Crippen LogP) is 3.16. The van der Waals surface area contributed by atoms with Crippen molar-refractivity contribution in [3.05, 3.63) is 35.9 Å². The summed E-state index contributed by atoms with van der Waals surface area (Å²) >= 11 is 1.92. The van der Waals surface area contributed by atoms with Crippen molar-refractivity contribution in [2.24, 2.45) is 0 Å². The highest BCUT2D eigenvalue weighted by Crippen LogP contribution is 2.33. The lowest BCUT2D eigenvalue weighted by atomic mass is 10.2. The van der Waals surface area contributed by atoms with Crippen molar-refractivity contribution in [2.45, 2.75) is 44.4 Å². The zero-order valence-electron chi connectivity index (χ0n) is 14.8. The molecule has 2 aliphatic heterocycles. The minimum absolute atomic E-state index is 0.107. The summed E-state index contributed by atoms with van der Waals surface area (Å²) in [5.74, 6) is -0.894. The molecule has 2 fully saturated rings. The lowest BCUT2D eigenvalue weighted by molar-refractivity contribution is -0.140. The molecular weight excluding hydrogens is 388 g/mol. The van der Waals surface area contributed by atoms with Gasteiger partial charge in [0.05, 0.1) is 6.04 Å². The maximum Gasteiger partial charge on any atom is 0.383 e. The van der Waals surface area contributed by atoms with E-state index in [-0.39, 0.29) is 11.7 Å². The highest BCUT2D eigenvalue weighted by molar-refractivity contribution is 8.12. The number of aliphatic carboxylic acids is 1. The number of hydrogen-bond donors (Lipinski definition) is 1. The fourth-order valence-corrected chi connectivity index (χ4v) is 5.26. The van der Waals surface area contributed by atoms with Crippen LogP contribution in [0.3, 0.4) is 0 Å². The monoisotopic (exact) mass is 410 g/mol. The van der Waals surface area contributed by atoms with E-state index in [9.17, 15) is 19.5 Å². The van der Waals surface area contributed by atoms with E-state index in [1.54, 1.807) is 8.61 Å². The minimum Gasteiger partial charge on any atom is -0.480 e. The molecule has 0 saturated carbocycles. The van der Waals surface area contributed by atoms with Crippen molar-refractivity contribution in [1.82, 2.24) is 8.61 Å². The molecule has 9 heteroatoms. The van der Waals surface area contributed by atoms with Crippen LogP contribution in [-0.2, 0) is 20.9 Å². The number of benzene rings is 1. The molecule has 0 radical (unpaired) electrons. The van der Waals surface area contributed by atoms with Gasteiger partial charge in [0.1, 0.15) is 12.6 Å². The van der Waals surface area contributed by atoms with Crippen molar-refractivity contribution < 1.29 is 24.2 Å². The number of carboxylic acid groups (broad SMARTS) is 1. The number of carbonyl (C=O) groups is 3. The number of nitrogens with zero attached hydrogens (tertiary/aromatic N) is 2. The van der Waals surface area contributed by atoms with E-state index >= 15 is 0 Å².